The summed E-state index contributed by atoms with van der Waals surface area (Å²) in [4.78, 5) is 0. The van der Waals surface area contributed by atoms with E-state index in [0.717, 1.165) is 5.56 Å². The summed E-state index contributed by atoms with van der Waals surface area (Å²) in [6.45, 7) is 1.68. The van der Waals surface area contributed by atoms with Gasteiger partial charge in [0, 0.05) is 5.69 Å². The first-order valence-electron chi connectivity index (χ1n) is 5.21. The molecule has 0 saturated heterocycles. The normalized spacial score (nSPS) is 12.5. The molecule has 4 N–H and O–H groups in total. The van der Waals surface area contributed by atoms with E-state index >= 15 is 0 Å². The molecular formula is C10H14F3N3O2S. The third kappa shape index (κ3) is 4.60. The summed E-state index contributed by atoms with van der Waals surface area (Å²) in [6, 6.07) is 3.01. The van der Waals surface area contributed by atoms with Gasteiger partial charge in [0.2, 0.25) is 0 Å². The molecule has 0 radical (unpaired) electrons. The lowest BCUT2D eigenvalue weighted by molar-refractivity contribution is -0.121. The summed E-state index contributed by atoms with van der Waals surface area (Å²) in [7, 11) is -4.30. The molecule has 0 aliphatic rings. The van der Waals surface area contributed by atoms with Gasteiger partial charge in [0.15, 0.2) is 0 Å². The first-order chi connectivity index (χ1) is 8.52. The molecule has 5 nitrogen and oxygen atoms in total. The highest BCUT2D eigenvalue weighted by molar-refractivity contribution is 7.90. The summed E-state index contributed by atoms with van der Waals surface area (Å²) in [5.41, 5.74) is 7.44. The standard InChI is InChI=1S/C10H14F3N3O2S/c1-6-3-4-8(7(2)9(6)14)16-19(17,18)15-5-10(11,12)13/h3-4,15-16H,5,14H2,1-2H3. The molecule has 9 heteroatoms. The van der Waals surface area contributed by atoms with Crippen LogP contribution in [0.15, 0.2) is 12.1 Å². The number of alkyl halides is 3. The van der Waals surface area contributed by atoms with E-state index in [9.17, 15) is 21.6 Å². The fraction of sp³-hybridized carbons (Fsp3) is 0.400. The topological polar surface area (TPSA) is 84.2 Å². The molecule has 0 spiro atoms. The molecule has 0 saturated carbocycles. The Morgan fingerprint density at radius 1 is 1.26 bits per heavy atom. The van der Waals surface area contributed by atoms with Crippen LogP contribution in [0, 0.1) is 13.8 Å². The Kier molecular flexibility index (Phi) is 4.31. The number of nitrogens with two attached hydrogens (primary N) is 1. The van der Waals surface area contributed by atoms with Crippen LogP contribution in [0.25, 0.3) is 0 Å². The lowest BCUT2D eigenvalue weighted by Gasteiger charge is -2.14. The fourth-order valence-electron chi connectivity index (χ4n) is 1.33. The van der Waals surface area contributed by atoms with Crippen molar-refractivity contribution in [3.63, 3.8) is 0 Å². The van der Waals surface area contributed by atoms with E-state index in [1.165, 1.54) is 10.8 Å². The van der Waals surface area contributed by atoms with E-state index in [2.05, 4.69) is 0 Å². The number of hydrogen-bond donors (Lipinski definition) is 3. The maximum Gasteiger partial charge on any atom is 0.402 e. The minimum Gasteiger partial charge on any atom is -0.398 e. The third-order valence-corrected chi connectivity index (χ3v) is 3.45. The van der Waals surface area contributed by atoms with E-state index in [4.69, 9.17) is 5.73 Å². The molecule has 0 heterocycles. The van der Waals surface area contributed by atoms with Gasteiger partial charge in [-0.25, -0.2) is 0 Å². The summed E-state index contributed by atoms with van der Waals surface area (Å²) >= 11 is 0. The number of rotatable bonds is 4. The average Bonchev–Trinajstić information content (AvgIpc) is 2.27. The number of aryl methyl sites for hydroxylation is 1. The van der Waals surface area contributed by atoms with Crippen molar-refractivity contribution in [2.45, 2.75) is 20.0 Å². The monoisotopic (exact) mass is 297 g/mol. The summed E-state index contributed by atoms with van der Waals surface area (Å²) in [5.74, 6) is 0. The number of anilines is 2. The van der Waals surface area contributed by atoms with E-state index in [1.807, 2.05) is 4.72 Å². The summed E-state index contributed by atoms with van der Waals surface area (Å²) in [6.07, 6.45) is -4.61. The Bertz CT molecular complexity index is 570. The van der Waals surface area contributed by atoms with E-state index in [0.29, 0.717) is 11.3 Å². The number of nitrogens with one attached hydrogen (secondary N) is 2. The van der Waals surface area contributed by atoms with Crippen LogP contribution >= 0.6 is 0 Å². The van der Waals surface area contributed by atoms with Gasteiger partial charge in [-0.3, -0.25) is 4.72 Å². The minimum atomic E-state index is -4.61. The van der Waals surface area contributed by atoms with Crippen molar-refractivity contribution in [1.29, 1.82) is 0 Å². The van der Waals surface area contributed by atoms with Gasteiger partial charge in [-0.05, 0) is 31.0 Å². The maximum absolute atomic E-state index is 11.9. The van der Waals surface area contributed by atoms with Crippen molar-refractivity contribution in [3.05, 3.63) is 23.3 Å². The summed E-state index contributed by atoms with van der Waals surface area (Å²) in [5, 5.41) is 0. The Hall–Kier alpha value is -1.48. The van der Waals surface area contributed by atoms with Crippen LogP contribution in [-0.2, 0) is 10.2 Å². The lowest BCUT2D eigenvalue weighted by Crippen LogP contribution is -2.37. The van der Waals surface area contributed by atoms with E-state index < -0.39 is 22.9 Å². The zero-order valence-corrected chi connectivity index (χ0v) is 11.1. The number of benzene rings is 1. The predicted molar refractivity (Wildman–Crippen MR) is 66.9 cm³/mol. The zero-order valence-electron chi connectivity index (χ0n) is 10.3. The SMILES string of the molecule is Cc1ccc(NS(=O)(=O)NCC(F)(F)F)c(C)c1N. The van der Waals surface area contributed by atoms with Crippen LogP contribution < -0.4 is 15.2 Å². The Morgan fingerprint density at radius 3 is 2.37 bits per heavy atom. The number of nitrogen functional groups attached to an aromatic ring is 1. The van der Waals surface area contributed by atoms with Gasteiger partial charge in [0.1, 0.15) is 6.54 Å². The third-order valence-electron chi connectivity index (χ3n) is 2.44. The maximum atomic E-state index is 11.9. The molecule has 0 unspecified atom stereocenters. The van der Waals surface area contributed by atoms with Crippen molar-refractivity contribution in [1.82, 2.24) is 4.72 Å². The second kappa shape index (κ2) is 5.25. The first-order valence-corrected chi connectivity index (χ1v) is 6.70. The molecule has 0 amide bonds. The van der Waals surface area contributed by atoms with E-state index in [-0.39, 0.29) is 5.69 Å². The molecule has 0 fully saturated rings. The second-order valence-corrected chi connectivity index (χ2v) is 5.51. The predicted octanol–water partition coefficient (Wildman–Crippen LogP) is 1.69. The molecular weight excluding hydrogens is 283 g/mol. The molecule has 19 heavy (non-hydrogen) atoms. The highest BCUT2D eigenvalue weighted by Crippen LogP contribution is 2.25. The van der Waals surface area contributed by atoms with Crippen LogP contribution in [0.5, 0.6) is 0 Å². The van der Waals surface area contributed by atoms with E-state index in [1.54, 1.807) is 19.9 Å². The van der Waals surface area contributed by atoms with Crippen LogP contribution in [0.4, 0.5) is 24.5 Å². The van der Waals surface area contributed by atoms with Gasteiger partial charge >= 0.3 is 6.18 Å². The molecule has 0 bridgehead atoms. The van der Waals surface area contributed by atoms with Gasteiger partial charge in [0.05, 0.1) is 5.69 Å². The van der Waals surface area contributed by atoms with Crippen molar-refractivity contribution in [3.8, 4) is 0 Å². The number of halogens is 3. The molecule has 1 aromatic carbocycles. The van der Waals surface area contributed by atoms with Crippen molar-refractivity contribution in [2.75, 3.05) is 17.0 Å². The molecule has 1 aromatic rings. The quantitative estimate of drug-likeness (QED) is 0.739. The van der Waals surface area contributed by atoms with Gasteiger partial charge in [-0.2, -0.15) is 26.3 Å². The number of hydrogen-bond acceptors (Lipinski definition) is 3. The van der Waals surface area contributed by atoms with Crippen molar-refractivity contribution < 1.29 is 21.6 Å². The Labute approximate surface area is 109 Å². The average molecular weight is 297 g/mol. The van der Waals surface area contributed by atoms with Gasteiger partial charge in [-0.15, -0.1) is 0 Å². The second-order valence-electron chi connectivity index (χ2n) is 4.01. The van der Waals surface area contributed by atoms with Crippen LogP contribution in [0.3, 0.4) is 0 Å². The highest BCUT2D eigenvalue weighted by Gasteiger charge is 2.29. The first kappa shape index (κ1) is 15.6. The highest BCUT2D eigenvalue weighted by atomic mass is 32.2. The molecule has 0 aliphatic carbocycles. The van der Waals surface area contributed by atoms with Crippen LogP contribution in [-0.4, -0.2) is 21.1 Å². The van der Waals surface area contributed by atoms with Crippen molar-refractivity contribution >= 4 is 21.6 Å². The Morgan fingerprint density at radius 2 is 1.84 bits per heavy atom. The lowest BCUT2D eigenvalue weighted by atomic mass is 10.1. The summed E-state index contributed by atoms with van der Waals surface area (Å²) < 4.78 is 62.1. The molecule has 0 atom stereocenters. The van der Waals surface area contributed by atoms with Gasteiger partial charge in [-0.1, -0.05) is 6.07 Å². The molecule has 108 valence electrons. The van der Waals surface area contributed by atoms with Crippen LogP contribution in [0.2, 0.25) is 0 Å². The van der Waals surface area contributed by atoms with Gasteiger partial charge in [0.25, 0.3) is 10.2 Å². The molecule has 0 aliphatic heterocycles. The molecule has 1 rings (SSSR count). The van der Waals surface area contributed by atoms with Crippen LogP contribution in [0.1, 0.15) is 11.1 Å². The minimum absolute atomic E-state index is 0.137. The smallest absolute Gasteiger partial charge is 0.398 e. The van der Waals surface area contributed by atoms with Crippen molar-refractivity contribution in [2.24, 2.45) is 0 Å². The Balaban J connectivity index is 2.88. The largest absolute Gasteiger partial charge is 0.402 e. The zero-order chi connectivity index (χ0) is 14.8. The fourth-order valence-corrected chi connectivity index (χ4v) is 2.27. The molecule has 0 aromatic heterocycles. The van der Waals surface area contributed by atoms with Gasteiger partial charge < -0.3 is 5.73 Å².